The summed E-state index contributed by atoms with van der Waals surface area (Å²) < 4.78 is 5.26. The van der Waals surface area contributed by atoms with E-state index in [0.29, 0.717) is 4.91 Å². The van der Waals surface area contributed by atoms with Crippen LogP contribution in [0.1, 0.15) is 20.8 Å². The molecule has 2 aliphatic rings. The van der Waals surface area contributed by atoms with Crippen LogP contribution in [0.15, 0.2) is 74.8 Å². The summed E-state index contributed by atoms with van der Waals surface area (Å²) in [4.78, 5) is 27.9. The van der Waals surface area contributed by atoms with Gasteiger partial charge in [-0.3, -0.25) is 4.79 Å². The molecule has 0 radical (unpaired) electrons. The first-order chi connectivity index (χ1) is 14.9. The molecule has 160 valence electrons. The van der Waals surface area contributed by atoms with Crippen molar-refractivity contribution in [2.24, 2.45) is 5.10 Å². The number of benzene rings is 2. The fourth-order valence-electron chi connectivity index (χ4n) is 3.45. The number of thioether (sulfide) groups is 2. The van der Waals surface area contributed by atoms with Crippen molar-refractivity contribution in [1.82, 2.24) is 0 Å². The topological polar surface area (TPSA) is 62.2 Å². The lowest BCUT2D eigenvalue weighted by molar-refractivity contribution is -0.134. The third-order valence-corrected chi connectivity index (χ3v) is 8.23. The minimum absolute atomic E-state index is 0.0266. The molecule has 4 rings (SSSR count). The second-order valence-electron chi connectivity index (χ2n) is 6.81. The van der Waals surface area contributed by atoms with Crippen molar-refractivity contribution in [1.29, 1.82) is 0 Å². The standard InChI is InChI=1S/C22H20BrN3O3S2/c1-4-29-21(28)20-24-26(18-12-10-16(23)11-13-18)22(31-20)25(17-8-6-5-7-9-17)14(2)19(30-22)15(3)27/h5-13H,4H2,1-3H3/t22-/m0/s1. The molecule has 2 aromatic rings. The van der Waals surface area contributed by atoms with E-state index in [1.807, 2.05) is 61.5 Å². The van der Waals surface area contributed by atoms with Gasteiger partial charge in [0.2, 0.25) is 9.37 Å². The Morgan fingerprint density at radius 1 is 1.06 bits per heavy atom. The number of nitrogens with zero attached hydrogens (tertiary/aromatic N) is 3. The number of ketones is 1. The Morgan fingerprint density at radius 2 is 1.74 bits per heavy atom. The predicted molar refractivity (Wildman–Crippen MR) is 131 cm³/mol. The number of hydrogen-bond donors (Lipinski definition) is 0. The summed E-state index contributed by atoms with van der Waals surface area (Å²) in [6, 6.07) is 17.5. The second-order valence-corrected chi connectivity index (χ2v) is 10.3. The van der Waals surface area contributed by atoms with E-state index in [1.165, 1.54) is 23.5 Å². The fraction of sp³-hybridized carbons (Fsp3) is 0.227. The first-order valence-corrected chi connectivity index (χ1v) is 12.1. The lowest BCUT2D eigenvalue weighted by Crippen LogP contribution is -2.49. The molecule has 2 heterocycles. The maximum atomic E-state index is 12.6. The molecule has 2 aliphatic heterocycles. The maximum absolute atomic E-state index is 12.6. The summed E-state index contributed by atoms with van der Waals surface area (Å²) in [6.07, 6.45) is 0. The first kappa shape index (κ1) is 22.0. The molecule has 0 unspecified atom stereocenters. The lowest BCUT2D eigenvalue weighted by atomic mass is 10.2. The van der Waals surface area contributed by atoms with Crippen molar-refractivity contribution in [2.45, 2.75) is 25.1 Å². The minimum Gasteiger partial charge on any atom is -0.461 e. The molecule has 1 spiro atoms. The maximum Gasteiger partial charge on any atom is 0.365 e. The molecule has 9 heteroatoms. The number of para-hydroxylation sites is 1. The van der Waals surface area contributed by atoms with Crippen LogP contribution in [0.25, 0.3) is 0 Å². The summed E-state index contributed by atoms with van der Waals surface area (Å²) in [5.41, 5.74) is 2.51. The van der Waals surface area contributed by atoms with Gasteiger partial charge in [0, 0.05) is 15.9 Å². The van der Waals surface area contributed by atoms with Gasteiger partial charge in [-0.05, 0) is 68.9 Å². The number of hydrazone groups is 1. The molecule has 31 heavy (non-hydrogen) atoms. The zero-order valence-electron chi connectivity index (χ0n) is 17.2. The Hall–Kier alpha value is -2.23. The summed E-state index contributed by atoms with van der Waals surface area (Å²) in [5.74, 6) is -0.504. The van der Waals surface area contributed by atoms with Crippen LogP contribution in [0.2, 0.25) is 0 Å². The average Bonchev–Trinajstić information content (AvgIpc) is 3.27. The molecule has 0 N–H and O–H groups in total. The van der Waals surface area contributed by atoms with E-state index < -0.39 is 10.3 Å². The Balaban J connectivity index is 1.89. The number of esters is 1. The summed E-state index contributed by atoms with van der Waals surface area (Å²) in [6.45, 7) is 5.51. The molecule has 0 fully saturated rings. The molecule has 0 bridgehead atoms. The number of Topliss-reactive ketones (excluding diaryl/α,β-unsaturated/α-hetero) is 1. The lowest BCUT2D eigenvalue weighted by Gasteiger charge is -2.41. The minimum atomic E-state index is -0.914. The van der Waals surface area contributed by atoms with E-state index in [4.69, 9.17) is 4.74 Å². The van der Waals surface area contributed by atoms with Crippen LogP contribution in [0, 0.1) is 0 Å². The molecule has 6 nitrogen and oxygen atoms in total. The van der Waals surface area contributed by atoms with Crippen LogP contribution >= 0.6 is 39.5 Å². The van der Waals surface area contributed by atoms with Gasteiger partial charge in [-0.25, -0.2) is 9.80 Å². The first-order valence-electron chi connectivity index (χ1n) is 9.64. The van der Waals surface area contributed by atoms with E-state index in [0.717, 1.165) is 21.5 Å². The third kappa shape index (κ3) is 3.90. The summed E-state index contributed by atoms with van der Waals surface area (Å²) in [5, 5.41) is 6.71. The quantitative estimate of drug-likeness (QED) is 0.480. The number of anilines is 2. The van der Waals surface area contributed by atoms with Crippen molar-refractivity contribution in [3.05, 3.63) is 69.7 Å². The van der Waals surface area contributed by atoms with Crippen molar-refractivity contribution in [3.8, 4) is 0 Å². The molecular formula is C22H20BrN3O3S2. The summed E-state index contributed by atoms with van der Waals surface area (Å²) >= 11 is 6.15. The van der Waals surface area contributed by atoms with Crippen molar-refractivity contribution in [2.75, 3.05) is 16.5 Å². The fourth-order valence-corrected chi connectivity index (χ4v) is 6.67. The zero-order valence-corrected chi connectivity index (χ0v) is 20.4. The molecular weight excluding hydrogens is 498 g/mol. The van der Waals surface area contributed by atoms with Gasteiger partial charge in [-0.15, -0.1) is 0 Å². The number of rotatable bonds is 5. The highest BCUT2D eigenvalue weighted by Crippen LogP contribution is 2.60. The van der Waals surface area contributed by atoms with Crippen LogP contribution in [0.5, 0.6) is 0 Å². The number of ether oxygens (including phenoxy) is 1. The monoisotopic (exact) mass is 517 g/mol. The normalized spacial score (nSPS) is 20.5. The zero-order chi connectivity index (χ0) is 22.2. The van der Waals surface area contributed by atoms with Gasteiger partial charge in [0.05, 0.1) is 17.2 Å². The van der Waals surface area contributed by atoms with Gasteiger partial charge < -0.3 is 9.64 Å². The number of carbonyl (C=O) groups is 2. The average molecular weight is 518 g/mol. The smallest absolute Gasteiger partial charge is 0.365 e. The van der Waals surface area contributed by atoms with E-state index >= 15 is 0 Å². The van der Waals surface area contributed by atoms with Gasteiger partial charge in [0.15, 0.2) is 5.78 Å². The highest BCUT2D eigenvalue weighted by atomic mass is 79.9. The molecule has 1 atom stereocenters. The molecule has 0 saturated carbocycles. The number of halogens is 1. The Kier molecular flexibility index (Phi) is 6.18. The van der Waals surface area contributed by atoms with Crippen molar-refractivity contribution < 1.29 is 14.3 Å². The summed E-state index contributed by atoms with van der Waals surface area (Å²) in [7, 11) is 0. The van der Waals surface area contributed by atoms with Crippen LogP contribution in [-0.4, -0.2) is 27.7 Å². The largest absolute Gasteiger partial charge is 0.461 e. The van der Waals surface area contributed by atoms with Crippen LogP contribution in [0.4, 0.5) is 11.4 Å². The van der Waals surface area contributed by atoms with E-state index in [-0.39, 0.29) is 17.4 Å². The van der Waals surface area contributed by atoms with Gasteiger partial charge in [0.1, 0.15) is 0 Å². The van der Waals surface area contributed by atoms with Gasteiger partial charge >= 0.3 is 5.97 Å². The van der Waals surface area contributed by atoms with Crippen LogP contribution in [0.3, 0.4) is 0 Å². The van der Waals surface area contributed by atoms with Gasteiger partial charge in [0.25, 0.3) is 0 Å². The highest BCUT2D eigenvalue weighted by Gasteiger charge is 2.57. The Bertz CT molecular complexity index is 1090. The van der Waals surface area contributed by atoms with Crippen molar-refractivity contribution in [3.63, 3.8) is 0 Å². The Morgan fingerprint density at radius 3 is 2.35 bits per heavy atom. The molecule has 0 aromatic heterocycles. The Labute approximate surface area is 197 Å². The van der Waals surface area contributed by atoms with Gasteiger partial charge in [-0.2, -0.15) is 5.10 Å². The molecule has 0 aliphatic carbocycles. The van der Waals surface area contributed by atoms with E-state index in [9.17, 15) is 9.59 Å². The van der Waals surface area contributed by atoms with E-state index in [2.05, 4.69) is 25.9 Å². The third-order valence-electron chi connectivity index (χ3n) is 4.73. The van der Waals surface area contributed by atoms with Gasteiger partial charge in [-0.1, -0.05) is 45.9 Å². The molecule has 0 saturated heterocycles. The van der Waals surface area contributed by atoms with E-state index in [1.54, 1.807) is 18.9 Å². The second kappa shape index (κ2) is 8.72. The highest BCUT2D eigenvalue weighted by molar-refractivity contribution is 9.10. The SMILES string of the molecule is CCOC(=O)C1=NN(c2ccc(Br)cc2)[C@]2(S1)SC(C(C)=O)=C(C)N2c1ccccc1. The van der Waals surface area contributed by atoms with Crippen molar-refractivity contribution >= 4 is 67.6 Å². The number of carbonyl (C=O) groups excluding carboxylic acids is 2. The predicted octanol–water partition coefficient (Wildman–Crippen LogP) is 5.56. The van der Waals surface area contributed by atoms with Crippen LogP contribution in [-0.2, 0) is 14.3 Å². The van der Waals surface area contributed by atoms with Crippen LogP contribution < -0.4 is 9.91 Å². The molecule has 2 aromatic carbocycles. The molecule has 0 amide bonds. The number of allylic oxidation sites excluding steroid dienone is 2. The number of hydrogen-bond acceptors (Lipinski definition) is 8.